The first-order chi connectivity index (χ1) is 11.8. The van der Waals surface area contributed by atoms with E-state index in [-0.39, 0.29) is 6.04 Å². The van der Waals surface area contributed by atoms with Crippen LogP contribution in [0.4, 0.5) is 5.95 Å². The van der Waals surface area contributed by atoms with Gasteiger partial charge in [-0.05, 0) is 46.2 Å². The summed E-state index contributed by atoms with van der Waals surface area (Å²) in [5.41, 5.74) is 4.86. The number of fused-ring (bicyclic) bond motifs is 1. The first-order valence-electron chi connectivity index (χ1n) is 7.68. The topological polar surface area (TPSA) is 79.8 Å². The highest BCUT2D eigenvalue weighted by Gasteiger charge is 2.26. The molecule has 0 N–H and O–H groups in total. The van der Waals surface area contributed by atoms with Gasteiger partial charge in [0.25, 0.3) is 5.95 Å². The molecule has 1 aromatic heterocycles. The fraction of sp³-hybridized carbons (Fsp3) is 0.167. The molecule has 0 saturated carbocycles. The van der Waals surface area contributed by atoms with Gasteiger partial charge in [-0.25, -0.2) is 9.67 Å². The van der Waals surface area contributed by atoms with Crippen molar-refractivity contribution >= 4 is 11.7 Å². The quantitative estimate of drug-likeness (QED) is 0.727. The highest BCUT2D eigenvalue weighted by atomic mass is 15.6. The van der Waals surface area contributed by atoms with Crippen molar-refractivity contribution in [2.24, 2.45) is 4.99 Å². The second kappa shape index (κ2) is 5.70. The van der Waals surface area contributed by atoms with Gasteiger partial charge < -0.3 is 0 Å². The number of hydrogen-bond acceptors (Lipinski definition) is 5. The Bertz CT molecular complexity index is 979. The van der Waals surface area contributed by atoms with E-state index in [2.05, 4.69) is 38.7 Å². The first kappa shape index (κ1) is 14.3. The summed E-state index contributed by atoms with van der Waals surface area (Å²) in [5.74, 6) is 0.532. The van der Waals surface area contributed by atoms with Crippen molar-refractivity contribution < 1.29 is 0 Å². The summed E-state index contributed by atoms with van der Waals surface area (Å²) in [5, 5.41) is 21.0. The van der Waals surface area contributed by atoms with Gasteiger partial charge in [-0.1, -0.05) is 41.5 Å². The molecule has 4 rings (SSSR count). The normalized spacial score (nSPS) is 16.2. The van der Waals surface area contributed by atoms with Gasteiger partial charge in [0.05, 0.1) is 17.7 Å². The molecule has 1 aliphatic rings. The van der Waals surface area contributed by atoms with Crippen LogP contribution < -0.4 is 0 Å². The van der Waals surface area contributed by atoms with E-state index in [9.17, 15) is 0 Å². The number of aliphatic imine (C=N–C) groups is 1. The summed E-state index contributed by atoms with van der Waals surface area (Å²) in [6.07, 6.45) is 0.757. The second-order valence-corrected chi connectivity index (χ2v) is 5.77. The standard InChI is InChI=1S/C18H14N6/c1-12-9-17(24-18(20-12)21-22-23-24)16-8-3-2-7-15(16)14-6-4-5-13(10-14)11-19/h2-8,10,17H,9H2,1H3. The van der Waals surface area contributed by atoms with Crippen LogP contribution in [0, 0.1) is 11.3 Å². The molecule has 6 nitrogen and oxygen atoms in total. The molecule has 1 aliphatic heterocycles. The Morgan fingerprint density at radius 3 is 2.92 bits per heavy atom. The molecule has 2 heterocycles. The summed E-state index contributed by atoms with van der Waals surface area (Å²) in [7, 11) is 0. The maximum Gasteiger partial charge on any atom is 0.269 e. The lowest BCUT2D eigenvalue weighted by atomic mass is 9.91. The lowest BCUT2D eigenvalue weighted by Crippen LogP contribution is -2.19. The van der Waals surface area contributed by atoms with Gasteiger partial charge in [0.1, 0.15) is 0 Å². The van der Waals surface area contributed by atoms with E-state index in [1.165, 1.54) is 0 Å². The van der Waals surface area contributed by atoms with Crippen molar-refractivity contribution in [3.05, 3.63) is 59.7 Å². The molecule has 3 aromatic rings. The lowest BCUT2D eigenvalue weighted by molar-refractivity contribution is 0.514. The van der Waals surface area contributed by atoms with E-state index in [0.29, 0.717) is 11.5 Å². The molecule has 0 radical (unpaired) electrons. The predicted octanol–water partition coefficient (Wildman–Crippen LogP) is 3.30. The number of nitrogens with zero attached hydrogens (tertiary/aromatic N) is 6. The Morgan fingerprint density at radius 2 is 2.04 bits per heavy atom. The molecule has 0 fully saturated rings. The van der Waals surface area contributed by atoms with E-state index < -0.39 is 0 Å². The molecule has 0 spiro atoms. The molecule has 6 heteroatoms. The van der Waals surface area contributed by atoms with Crippen LogP contribution in [0.3, 0.4) is 0 Å². The van der Waals surface area contributed by atoms with E-state index in [0.717, 1.165) is 28.8 Å². The fourth-order valence-corrected chi connectivity index (χ4v) is 3.10. The summed E-state index contributed by atoms with van der Waals surface area (Å²) >= 11 is 0. The van der Waals surface area contributed by atoms with Crippen LogP contribution in [0.5, 0.6) is 0 Å². The molecule has 116 valence electrons. The third-order valence-corrected chi connectivity index (χ3v) is 4.17. The van der Waals surface area contributed by atoms with Gasteiger partial charge in [0, 0.05) is 12.1 Å². The molecular formula is C18H14N6. The maximum atomic E-state index is 9.17. The van der Waals surface area contributed by atoms with Crippen molar-refractivity contribution in [3.8, 4) is 17.2 Å². The Labute approximate surface area is 139 Å². The third-order valence-electron chi connectivity index (χ3n) is 4.17. The summed E-state index contributed by atoms with van der Waals surface area (Å²) < 4.78 is 1.76. The van der Waals surface area contributed by atoms with E-state index >= 15 is 0 Å². The SMILES string of the molecule is CC1=Nc2nnnn2C(c2ccccc2-c2cccc(C#N)c2)C1. The number of nitriles is 1. The largest absolute Gasteiger partial charge is 0.269 e. The van der Waals surface area contributed by atoms with Crippen LogP contribution in [-0.4, -0.2) is 25.9 Å². The molecule has 0 amide bonds. The predicted molar refractivity (Wildman–Crippen MR) is 89.9 cm³/mol. The number of rotatable bonds is 2. The van der Waals surface area contributed by atoms with E-state index in [1.54, 1.807) is 4.68 Å². The third kappa shape index (κ3) is 2.36. The van der Waals surface area contributed by atoms with Crippen LogP contribution in [0.15, 0.2) is 53.5 Å². The lowest BCUT2D eigenvalue weighted by Gasteiger charge is -2.23. The summed E-state index contributed by atoms with van der Waals surface area (Å²) in [6, 6.07) is 18.0. The van der Waals surface area contributed by atoms with E-state index in [1.807, 2.05) is 43.3 Å². The molecule has 1 atom stereocenters. The molecule has 0 saturated heterocycles. The minimum Gasteiger partial charge on any atom is -0.220 e. The Hall–Kier alpha value is -3.33. The van der Waals surface area contributed by atoms with Gasteiger partial charge in [-0.15, -0.1) is 0 Å². The molecule has 0 aliphatic carbocycles. The maximum absolute atomic E-state index is 9.17. The molecule has 2 aromatic carbocycles. The highest BCUT2D eigenvalue weighted by Crippen LogP contribution is 2.36. The van der Waals surface area contributed by atoms with Gasteiger partial charge in [0.15, 0.2) is 0 Å². The van der Waals surface area contributed by atoms with Crippen molar-refractivity contribution in [1.82, 2.24) is 20.2 Å². The summed E-state index contributed by atoms with van der Waals surface area (Å²) in [4.78, 5) is 4.41. The Balaban J connectivity index is 1.87. The van der Waals surface area contributed by atoms with Gasteiger partial charge in [0.2, 0.25) is 0 Å². The van der Waals surface area contributed by atoms with Gasteiger partial charge in [-0.2, -0.15) is 5.26 Å². The smallest absolute Gasteiger partial charge is 0.220 e. The van der Waals surface area contributed by atoms with Gasteiger partial charge >= 0.3 is 0 Å². The average molecular weight is 314 g/mol. The summed E-state index contributed by atoms with van der Waals surface area (Å²) in [6.45, 7) is 1.99. The monoisotopic (exact) mass is 314 g/mol. The first-order valence-corrected chi connectivity index (χ1v) is 7.68. The Kier molecular flexibility index (Phi) is 3.39. The van der Waals surface area contributed by atoms with Crippen molar-refractivity contribution in [1.29, 1.82) is 5.26 Å². The van der Waals surface area contributed by atoms with Gasteiger partial charge in [-0.3, -0.25) is 0 Å². The zero-order valence-corrected chi connectivity index (χ0v) is 13.1. The zero-order chi connectivity index (χ0) is 16.5. The number of tetrazole rings is 1. The average Bonchev–Trinajstić information content (AvgIpc) is 3.09. The number of aromatic nitrogens is 4. The van der Waals surface area contributed by atoms with Crippen LogP contribution >= 0.6 is 0 Å². The van der Waals surface area contributed by atoms with Crippen LogP contribution in [-0.2, 0) is 0 Å². The zero-order valence-electron chi connectivity index (χ0n) is 13.1. The molecule has 24 heavy (non-hydrogen) atoms. The Morgan fingerprint density at radius 1 is 1.17 bits per heavy atom. The van der Waals surface area contributed by atoms with Crippen molar-refractivity contribution in [2.45, 2.75) is 19.4 Å². The molecule has 0 bridgehead atoms. The van der Waals surface area contributed by atoms with Crippen molar-refractivity contribution in [3.63, 3.8) is 0 Å². The van der Waals surface area contributed by atoms with Crippen LogP contribution in [0.1, 0.15) is 30.5 Å². The number of benzene rings is 2. The minimum atomic E-state index is -0.00515. The highest BCUT2D eigenvalue weighted by molar-refractivity contribution is 5.86. The van der Waals surface area contributed by atoms with Crippen molar-refractivity contribution in [2.75, 3.05) is 0 Å². The molecule has 1 unspecified atom stereocenters. The fourth-order valence-electron chi connectivity index (χ4n) is 3.10. The second-order valence-electron chi connectivity index (χ2n) is 5.77. The van der Waals surface area contributed by atoms with E-state index in [4.69, 9.17) is 5.26 Å². The minimum absolute atomic E-state index is 0.00515. The van der Waals surface area contributed by atoms with Crippen LogP contribution in [0.25, 0.3) is 11.1 Å². The number of hydrogen-bond donors (Lipinski definition) is 0. The van der Waals surface area contributed by atoms with Crippen LogP contribution in [0.2, 0.25) is 0 Å². The molecular weight excluding hydrogens is 300 g/mol.